The van der Waals surface area contributed by atoms with Crippen molar-refractivity contribution in [2.45, 2.75) is 34.5 Å². The van der Waals surface area contributed by atoms with Gasteiger partial charge in [-0.05, 0) is 52.8 Å². The molecule has 2 aliphatic heterocycles. The van der Waals surface area contributed by atoms with E-state index < -0.39 is 57.5 Å². The molecule has 0 aliphatic carbocycles. The maximum Gasteiger partial charge on any atom is 0.442 e. The van der Waals surface area contributed by atoms with Gasteiger partial charge in [0.15, 0.2) is 0 Å². The number of rotatable bonds is 8. The summed E-state index contributed by atoms with van der Waals surface area (Å²) >= 11 is 4.80. The molecule has 2 amide bonds. The van der Waals surface area contributed by atoms with Crippen molar-refractivity contribution in [3.8, 4) is 0 Å². The summed E-state index contributed by atoms with van der Waals surface area (Å²) in [4.78, 5) is 49.9. The minimum absolute atomic E-state index is 0.0427. The average Bonchev–Trinajstić information content (AvgIpc) is 2.73. The van der Waals surface area contributed by atoms with Crippen LogP contribution in [-0.4, -0.2) is 62.4 Å². The molecule has 3 rings (SSSR count). The van der Waals surface area contributed by atoms with Crippen molar-refractivity contribution < 1.29 is 42.2 Å². The fraction of sp³-hybridized carbons (Fsp3) is 0.368. The van der Waals surface area contributed by atoms with Gasteiger partial charge in [0, 0.05) is 9.37 Å². The van der Waals surface area contributed by atoms with Crippen molar-refractivity contribution in [2.24, 2.45) is 0 Å². The van der Waals surface area contributed by atoms with Gasteiger partial charge in [-0.1, -0.05) is 11.8 Å². The molecule has 1 saturated heterocycles. The summed E-state index contributed by atoms with van der Waals surface area (Å²) in [6, 6.07) is 4.47. The number of fused-ring (bicyclic) bond motifs is 1. The van der Waals surface area contributed by atoms with Gasteiger partial charge in [0.1, 0.15) is 11.1 Å². The number of halogens is 4. The van der Waals surface area contributed by atoms with E-state index in [0.717, 1.165) is 28.4 Å². The van der Waals surface area contributed by atoms with Gasteiger partial charge in [0.2, 0.25) is 11.8 Å². The van der Waals surface area contributed by atoms with Crippen molar-refractivity contribution in [3.63, 3.8) is 0 Å². The number of benzene rings is 1. The number of nitrogens with zero attached hydrogens (tertiary/aromatic N) is 1. The first-order chi connectivity index (χ1) is 15.9. The number of nitrogens with one attached hydrogen (secondary N) is 1. The molecule has 0 spiro atoms. The first kappa shape index (κ1) is 26.8. The van der Waals surface area contributed by atoms with Gasteiger partial charge in [-0.15, -0.1) is 11.8 Å². The number of carboxylic acid groups (broad SMARTS) is 1. The highest BCUT2D eigenvalue weighted by Crippen LogP contribution is 2.49. The topological polar surface area (TPSA) is 113 Å². The Hall–Kier alpha value is -1.84. The number of amides is 2. The van der Waals surface area contributed by atoms with E-state index in [2.05, 4.69) is 21.2 Å². The predicted molar refractivity (Wildman–Crippen MR) is 124 cm³/mol. The van der Waals surface area contributed by atoms with Crippen molar-refractivity contribution in [1.29, 1.82) is 0 Å². The van der Waals surface area contributed by atoms with Crippen molar-refractivity contribution in [3.05, 3.63) is 38.8 Å². The third kappa shape index (κ3) is 6.23. The molecule has 2 heterocycles. The second-order valence-electron chi connectivity index (χ2n) is 6.73. The Morgan fingerprint density at radius 1 is 1.35 bits per heavy atom. The summed E-state index contributed by atoms with van der Waals surface area (Å²) in [5.41, 5.74) is -4.70. The number of aliphatic carboxylic acids is 1. The molecule has 0 aromatic heterocycles. The van der Waals surface area contributed by atoms with Crippen LogP contribution >= 0.6 is 51.2 Å². The Morgan fingerprint density at radius 2 is 2.06 bits per heavy atom. The minimum Gasteiger partial charge on any atom is -0.477 e. The van der Waals surface area contributed by atoms with Crippen LogP contribution < -0.4 is 5.32 Å². The zero-order valence-corrected chi connectivity index (χ0v) is 21.2. The van der Waals surface area contributed by atoms with Gasteiger partial charge in [-0.3, -0.25) is 14.5 Å². The number of hydrogen-bond donors (Lipinski definition) is 2. The molecule has 1 unspecified atom stereocenters. The maximum absolute atomic E-state index is 12.5. The standard InChI is InChI=1S/C19H16BrF3N2O6S3/c1-2-31-18(30)8-3-4-10(9(20)5-8)33-15-14(17(28)29)25-12(27)6-13(25)34-16(15)24-11(26)7-32-19(21,22)23/h3-5,13,16H,2,6-7H2,1H3,(H,24,26)(H,28,29)/t13-,16?/m1/s1. The number of esters is 1. The van der Waals surface area contributed by atoms with Crippen molar-refractivity contribution >= 4 is 75.0 Å². The lowest BCUT2D eigenvalue weighted by Gasteiger charge is -2.46. The molecule has 2 N–H and O–H groups in total. The summed E-state index contributed by atoms with van der Waals surface area (Å²) < 4.78 is 42.8. The number of ether oxygens (including phenoxy) is 1. The van der Waals surface area contributed by atoms with Gasteiger partial charge >= 0.3 is 17.4 Å². The molecular weight excluding hydrogens is 585 g/mol. The minimum atomic E-state index is -4.60. The zero-order valence-electron chi connectivity index (χ0n) is 17.2. The van der Waals surface area contributed by atoms with Crippen LogP contribution in [0.25, 0.3) is 0 Å². The Bertz CT molecular complexity index is 1070. The molecule has 2 aliphatic rings. The van der Waals surface area contributed by atoms with Crippen molar-refractivity contribution in [1.82, 2.24) is 10.2 Å². The highest BCUT2D eigenvalue weighted by atomic mass is 79.9. The number of thioether (sulfide) groups is 3. The summed E-state index contributed by atoms with van der Waals surface area (Å²) in [5.74, 6) is -4.21. The Labute approximate surface area is 212 Å². The van der Waals surface area contributed by atoms with Gasteiger partial charge in [-0.2, -0.15) is 13.2 Å². The van der Waals surface area contributed by atoms with Gasteiger partial charge in [-0.25, -0.2) is 9.59 Å². The number of carbonyl (C=O) groups excluding carboxylic acids is 3. The largest absolute Gasteiger partial charge is 0.477 e. The lowest BCUT2D eigenvalue weighted by Crippen LogP contribution is -2.57. The van der Waals surface area contributed by atoms with Crippen LogP contribution in [0.5, 0.6) is 0 Å². The van der Waals surface area contributed by atoms with E-state index in [0.29, 0.717) is 9.37 Å². The van der Waals surface area contributed by atoms with E-state index >= 15 is 0 Å². The van der Waals surface area contributed by atoms with E-state index in [1.807, 2.05) is 0 Å². The number of carbonyl (C=O) groups is 4. The van der Waals surface area contributed by atoms with Gasteiger partial charge in [0.05, 0.1) is 34.6 Å². The monoisotopic (exact) mass is 600 g/mol. The van der Waals surface area contributed by atoms with Crippen LogP contribution in [0.1, 0.15) is 23.7 Å². The quantitative estimate of drug-likeness (QED) is 0.337. The van der Waals surface area contributed by atoms with E-state index in [9.17, 15) is 37.5 Å². The predicted octanol–water partition coefficient (Wildman–Crippen LogP) is 4.01. The Kier molecular flexibility index (Phi) is 8.52. The molecule has 34 heavy (non-hydrogen) atoms. The third-order valence-corrected chi connectivity index (χ3v) is 8.78. The van der Waals surface area contributed by atoms with E-state index in [1.165, 1.54) is 18.2 Å². The van der Waals surface area contributed by atoms with Crippen LogP contribution in [0.2, 0.25) is 0 Å². The smallest absolute Gasteiger partial charge is 0.442 e. The summed E-state index contributed by atoms with van der Waals surface area (Å²) in [6.45, 7) is 1.84. The fourth-order valence-electron chi connectivity index (χ4n) is 3.02. The molecule has 1 fully saturated rings. The van der Waals surface area contributed by atoms with Crippen LogP contribution in [0.15, 0.2) is 38.2 Å². The average molecular weight is 601 g/mol. The first-order valence-corrected chi connectivity index (χ1v) is 13.0. The lowest BCUT2D eigenvalue weighted by atomic mass is 10.1. The van der Waals surface area contributed by atoms with E-state index in [1.54, 1.807) is 6.92 Å². The molecule has 1 aromatic carbocycles. The summed E-state index contributed by atoms with van der Waals surface area (Å²) in [7, 11) is 0. The second-order valence-corrected chi connectivity index (χ2v) is 11.0. The molecule has 8 nitrogen and oxygen atoms in total. The number of carboxylic acids is 1. The van der Waals surface area contributed by atoms with Gasteiger partial charge < -0.3 is 15.2 Å². The second kappa shape index (κ2) is 10.8. The molecule has 184 valence electrons. The van der Waals surface area contributed by atoms with Crippen LogP contribution in [0.3, 0.4) is 0 Å². The zero-order chi connectivity index (χ0) is 25.2. The van der Waals surface area contributed by atoms with Crippen LogP contribution in [-0.2, 0) is 19.1 Å². The highest BCUT2D eigenvalue weighted by molar-refractivity contribution is 9.10. The molecule has 15 heteroatoms. The molecule has 0 radical (unpaired) electrons. The molecule has 1 aromatic rings. The molecule has 0 saturated carbocycles. The Morgan fingerprint density at radius 3 is 2.62 bits per heavy atom. The first-order valence-electron chi connectivity index (χ1n) is 9.50. The molecule has 0 bridgehead atoms. The number of alkyl halides is 3. The third-order valence-electron chi connectivity index (χ3n) is 4.44. The lowest BCUT2D eigenvalue weighted by molar-refractivity contribution is -0.146. The SMILES string of the molecule is CCOC(=O)c1ccc(SC2=C(C(=O)O)N3C(=O)C[C@H]3SC2NC(=O)CSC(F)(F)F)c(Br)c1. The normalized spacial score (nSPS) is 19.9. The summed E-state index contributed by atoms with van der Waals surface area (Å²) in [6.07, 6.45) is 0.0427. The maximum atomic E-state index is 12.5. The highest BCUT2D eigenvalue weighted by Gasteiger charge is 2.49. The Balaban J connectivity index is 1.92. The summed E-state index contributed by atoms with van der Waals surface area (Å²) in [5, 5.41) is 10.7. The number of β-lactam (4-membered cyclic amide) rings is 1. The number of hydrogen-bond acceptors (Lipinski definition) is 8. The van der Waals surface area contributed by atoms with Gasteiger partial charge in [0.25, 0.3) is 0 Å². The fourth-order valence-corrected chi connectivity index (χ4v) is 6.64. The van der Waals surface area contributed by atoms with E-state index in [4.69, 9.17) is 4.74 Å². The van der Waals surface area contributed by atoms with E-state index in [-0.39, 0.29) is 29.2 Å². The molecular formula is C19H16BrF3N2O6S3. The van der Waals surface area contributed by atoms with Crippen LogP contribution in [0.4, 0.5) is 13.2 Å². The van der Waals surface area contributed by atoms with Crippen molar-refractivity contribution in [2.75, 3.05) is 12.4 Å². The molecule has 2 atom stereocenters. The van der Waals surface area contributed by atoms with Crippen LogP contribution in [0, 0.1) is 0 Å².